The van der Waals surface area contributed by atoms with Crippen LogP contribution in [0.4, 0.5) is 14.5 Å². The van der Waals surface area contributed by atoms with Crippen LogP contribution in [-0.2, 0) is 10.2 Å². The minimum atomic E-state index is -1.75. The molecule has 4 rings (SSSR count). The number of hydrogen-bond donors (Lipinski definition) is 2. The van der Waals surface area contributed by atoms with Crippen LogP contribution in [0, 0.1) is 28.4 Å². The molecule has 1 aliphatic heterocycles. The summed E-state index contributed by atoms with van der Waals surface area (Å²) in [6.45, 7) is 9.88. The third kappa shape index (κ3) is 7.30. The van der Waals surface area contributed by atoms with Gasteiger partial charge in [-0.15, -0.1) is 0 Å². The first-order valence-electron chi connectivity index (χ1n) is 14.4. The molecule has 6 nitrogen and oxygen atoms in total. The van der Waals surface area contributed by atoms with Crippen LogP contribution in [0.3, 0.4) is 0 Å². The van der Waals surface area contributed by atoms with E-state index in [0.29, 0.717) is 12.0 Å². The molecule has 0 bridgehead atoms. The Hall–Kier alpha value is -2.78. The zero-order valence-electron chi connectivity index (χ0n) is 25.8. The number of benzene rings is 3. The normalized spacial score (nSPS) is 21.5. The second-order valence-corrected chi connectivity index (χ2v) is 17.4. The van der Waals surface area contributed by atoms with Gasteiger partial charge in [-0.2, -0.15) is 0 Å². The molecule has 240 valence electrons. The molecule has 1 saturated heterocycles. The number of nitrogens with zero attached hydrogens (tertiary/aromatic N) is 1. The van der Waals surface area contributed by atoms with E-state index in [0.717, 1.165) is 6.07 Å². The number of carbonyl (C=O) groups is 2. The van der Waals surface area contributed by atoms with Crippen LogP contribution >= 0.6 is 23.2 Å². The first-order valence-corrected chi connectivity index (χ1v) is 17.4. The fraction of sp³-hybridized carbons (Fsp3) is 0.382. The van der Waals surface area contributed by atoms with Gasteiger partial charge in [-0.1, -0.05) is 44.0 Å². The third-order valence-electron chi connectivity index (χ3n) is 7.74. The molecule has 4 atom stereocenters. The maximum atomic E-state index is 15.9. The number of alkyl halides is 1. The Bertz CT molecular complexity index is 1660. The Kier molecular flexibility index (Phi) is 10.8. The van der Waals surface area contributed by atoms with Crippen LogP contribution in [0.1, 0.15) is 68.4 Å². The zero-order chi connectivity index (χ0) is 33.3. The predicted molar refractivity (Wildman–Crippen MR) is 169 cm³/mol. The first kappa shape index (κ1) is 35.1. The van der Waals surface area contributed by atoms with Gasteiger partial charge in [0.1, 0.15) is 0 Å². The first-order chi connectivity index (χ1) is 21.1. The van der Waals surface area contributed by atoms with E-state index in [1.165, 1.54) is 37.4 Å². The number of carbonyl (C=O) groups excluding carboxylic acids is 2. The van der Waals surface area contributed by atoms with Crippen molar-refractivity contribution in [3.63, 3.8) is 0 Å². The van der Waals surface area contributed by atoms with Crippen molar-refractivity contribution < 1.29 is 44.3 Å². The van der Waals surface area contributed by atoms with E-state index >= 15 is 8.78 Å². The van der Waals surface area contributed by atoms with Gasteiger partial charge in [0, 0.05) is 5.02 Å². The number of methoxy groups -OCH3 is 1. The van der Waals surface area contributed by atoms with Crippen molar-refractivity contribution in [3.05, 3.63) is 93.0 Å². The molecule has 2 N–H and O–H groups in total. The van der Waals surface area contributed by atoms with Gasteiger partial charge in [0.2, 0.25) is 0 Å². The summed E-state index contributed by atoms with van der Waals surface area (Å²) in [5.41, 5.74) is -1.38. The Morgan fingerprint density at radius 1 is 1.13 bits per heavy atom. The van der Waals surface area contributed by atoms with Gasteiger partial charge in [-0.05, 0) is 18.2 Å². The van der Waals surface area contributed by atoms with Crippen LogP contribution in [0.15, 0.2) is 54.6 Å². The zero-order valence-corrected chi connectivity index (χ0v) is 29.4. The van der Waals surface area contributed by atoms with Gasteiger partial charge in [0.15, 0.2) is 0 Å². The summed E-state index contributed by atoms with van der Waals surface area (Å²) >= 11 is 11.6. The Labute approximate surface area is 283 Å². The van der Waals surface area contributed by atoms with E-state index in [-0.39, 0.29) is 45.7 Å². The van der Waals surface area contributed by atoms with E-state index in [9.17, 15) is 14.9 Å². The van der Waals surface area contributed by atoms with E-state index in [4.69, 9.17) is 27.9 Å². The third-order valence-corrected chi connectivity index (χ3v) is 10.7. The number of nitriles is 1. The molecule has 0 unspecified atom stereocenters. The number of halogens is 5. The minimum absolute atomic E-state index is 0.00650. The number of nitrogens with one attached hydrogen (secondary N) is 2. The fourth-order valence-corrected chi connectivity index (χ4v) is 8.11. The molecule has 0 spiro atoms. The molecule has 11 heteroatoms. The van der Waals surface area contributed by atoms with Gasteiger partial charge in [0.25, 0.3) is 0 Å². The number of amides is 1. The van der Waals surface area contributed by atoms with Crippen LogP contribution in [-0.4, -0.2) is 32.8 Å². The van der Waals surface area contributed by atoms with E-state index < -0.39 is 62.2 Å². The standard InChI is InChI=1S/C34H35Cl2F2IN3O3/c1-18(2)39-31(43)19-10-13-25(26(14-19)45-6)41-32(44)30-28(21-8-7-9-23(36)29(21)38)34(17-40,27(42-30)16-33(3,4)5)22-12-11-20(35)15-24(22)37/h7-15,18,27-28,30,42H,16H2,1-6H3,(H,41,44)/q-1/t27-,28-,30+,34-/m0/s1. The van der Waals surface area contributed by atoms with Crippen LogP contribution in [0.25, 0.3) is 0 Å². The van der Waals surface area contributed by atoms with Gasteiger partial charge < -0.3 is 0 Å². The second kappa shape index (κ2) is 13.9. The van der Waals surface area contributed by atoms with Gasteiger partial charge in [0.05, 0.1) is 0 Å². The molecule has 1 amide bonds. The average molecular weight is 769 g/mol. The number of rotatable bonds is 9. The van der Waals surface area contributed by atoms with Crippen molar-refractivity contribution in [1.82, 2.24) is 5.32 Å². The molecule has 3 aromatic rings. The Balaban J connectivity index is 1.89. The van der Waals surface area contributed by atoms with Crippen LogP contribution in [0.5, 0.6) is 5.75 Å². The Morgan fingerprint density at radius 3 is 2.44 bits per heavy atom. The molecule has 3 aromatic carbocycles. The molecular weight excluding hydrogens is 734 g/mol. The summed E-state index contributed by atoms with van der Waals surface area (Å²) in [5.74, 6) is -3.09. The summed E-state index contributed by atoms with van der Waals surface area (Å²) in [5, 5.41) is 17.1. The summed E-state index contributed by atoms with van der Waals surface area (Å²) < 4.78 is 37.6. The predicted octanol–water partition coefficient (Wildman–Crippen LogP) is 4.88. The number of ether oxygens (including phenoxy) is 1. The summed E-state index contributed by atoms with van der Waals surface area (Å²) in [6.07, 6.45) is 0.337. The fourth-order valence-electron chi connectivity index (χ4n) is 5.95. The molecule has 0 saturated carbocycles. The molecule has 1 aliphatic rings. The monoisotopic (exact) mass is 768 g/mol. The quantitative estimate of drug-likeness (QED) is 0.184. The van der Waals surface area contributed by atoms with Crippen LogP contribution in [0.2, 0.25) is 10.0 Å². The van der Waals surface area contributed by atoms with Crippen LogP contribution < -0.4 is 36.6 Å². The molecule has 1 heterocycles. The Morgan fingerprint density at radius 2 is 1.84 bits per heavy atom. The molecule has 0 radical (unpaired) electrons. The van der Waals surface area contributed by atoms with Crippen molar-refractivity contribution in [2.75, 3.05) is 12.4 Å². The topological polar surface area (TPSA) is 91.2 Å². The summed E-state index contributed by atoms with van der Waals surface area (Å²) in [4.78, 5) is 27.0. The van der Waals surface area contributed by atoms with Crippen molar-refractivity contribution in [3.8, 4) is 11.8 Å². The second-order valence-electron chi connectivity index (χ2n) is 12.5. The van der Waals surface area contributed by atoms with Gasteiger partial charge in [-0.25, -0.2) is 4.39 Å². The van der Waals surface area contributed by atoms with E-state index in [1.54, 1.807) is 18.2 Å². The summed E-state index contributed by atoms with van der Waals surface area (Å²) in [6, 6.07) is 13.5. The van der Waals surface area contributed by atoms with Crippen molar-refractivity contribution >= 4 is 38.6 Å². The molecular formula is C34H35Cl2F2IN3O3-. The molecule has 1 fully saturated rings. The van der Waals surface area contributed by atoms with Crippen molar-refractivity contribution in [2.24, 2.45) is 5.41 Å². The van der Waals surface area contributed by atoms with Crippen molar-refractivity contribution in [1.29, 1.82) is 5.26 Å². The van der Waals surface area contributed by atoms with E-state index in [2.05, 4.69) is 16.7 Å². The van der Waals surface area contributed by atoms with E-state index in [1.807, 2.05) is 34.6 Å². The summed E-state index contributed by atoms with van der Waals surface area (Å²) in [7, 11) is 1.43. The van der Waals surface area contributed by atoms with Gasteiger partial charge >= 0.3 is 213 Å². The van der Waals surface area contributed by atoms with Gasteiger partial charge in [-0.3, -0.25) is 0 Å². The average Bonchev–Trinajstić information content (AvgIpc) is 3.27. The number of hydrogen-bond acceptors (Lipinski definition) is 5. The SMILES string of the molecule is COc1cc(C(=O)[I-]C(C)C)ccc1NC(=O)[C@@H]1N[C@@H](CC(C)(C)C)[C@](C#N)(c2ccc(Cl)cc2F)[C@H]1c1cccc(Cl)c1F. The van der Waals surface area contributed by atoms with Crippen molar-refractivity contribution in [2.45, 2.75) is 68.4 Å². The maximum absolute atomic E-state index is 15.9. The molecule has 0 aromatic heterocycles. The molecule has 45 heavy (non-hydrogen) atoms. The number of anilines is 1. The molecule has 0 aliphatic carbocycles.